The Hall–Kier alpha value is -0.140. The molecule has 0 aliphatic heterocycles. The Bertz CT molecular complexity index is 133. The molecular formula is C8H12F2. The van der Waals surface area contributed by atoms with Gasteiger partial charge in [0.05, 0.1) is 0 Å². The van der Waals surface area contributed by atoms with Crippen molar-refractivity contribution in [1.29, 1.82) is 0 Å². The Morgan fingerprint density at radius 2 is 1.90 bits per heavy atom. The predicted molar refractivity (Wildman–Crippen MR) is 34.9 cm³/mol. The second kappa shape index (κ2) is 2.18. The molecule has 2 saturated carbocycles. The van der Waals surface area contributed by atoms with E-state index in [1.54, 1.807) is 0 Å². The summed E-state index contributed by atoms with van der Waals surface area (Å²) in [5.41, 5.74) is 0. The van der Waals surface area contributed by atoms with E-state index in [4.69, 9.17) is 0 Å². The summed E-state index contributed by atoms with van der Waals surface area (Å²) in [5.74, 6) is 0.799. The summed E-state index contributed by atoms with van der Waals surface area (Å²) in [4.78, 5) is 0. The van der Waals surface area contributed by atoms with Crippen LogP contribution in [0.2, 0.25) is 0 Å². The molecule has 2 heteroatoms. The molecule has 0 aromatic rings. The van der Waals surface area contributed by atoms with Gasteiger partial charge in [0.2, 0.25) is 6.43 Å². The minimum absolute atomic E-state index is 0.237. The fourth-order valence-electron chi connectivity index (χ4n) is 2.60. The van der Waals surface area contributed by atoms with Gasteiger partial charge in [-0.15, -0.1) is 0 Å². The van der Waals surface area contributed by atoms with Gasteiger partial charge in [-0.1, -0.05) is 6.42 Å². The molecule has 0 spiro atoms. The highest BCUT2D eigenvalue weighted by molar-refractivity contribution is 4.90. The van der Waals surface area contributed by atoms with Crippen molar-refractivity contribution in [2.45, 2.75) is 32.1 Å². The summed E-state index contributed by atoms with van der Waals surface area (Å²) in [6.45, 7) is 0. The number of hydrogen-bond donors (Lipinski definition) is 0. The van der Waals surface area contributed by atoms with Crippen molar-refractivity contribution < 1.29 is 8.78 Å². The molecule has 0 N–H and O–H groups in total. The minimum atomic E-state index is -2.05. The van der Waals surface area contributed by atoms with E-state index < -0.39 is 6.43 Å². The molecule has 0 nitrogen and oxygen atoms in total. The smallest absolute Gasteiger partial charge is 0.210 e. The summed E-state index contributed by atoms with van der Waals surface area (Å²) in [7, 11) is 0. The van der Waals surface area contributed by atoms with Crippen LogP contribution in [0.5, 0.6) is 0 Å². The van der Waals surface area contributed by atoms with E-state index in [0.717, 1.165) is 19.3 Å². The fourth-order valence-corrected chi connectivity index (χ4v) is 2.60. The summed E-state index contributed by atoms with van der Waals surface area (Å²) in [5, 5.41) is 0. The third-order valence-electron chi connectivity index (χ3n) is 3.12. The van der Waals surface area contributed by atoms with Crippen LogP contribution in [0, 0.1) is 17.8 Å². The van der Waals surface area contributed by atoms with E-state index >= 15 is 0 Å². The van der Waals surface area contributed by atoms with Crippen molar-refractivity contribution in [3.8, 4) is 0 Å². The van der Waals surface area contributed by atoms with E-state index in [0.29, 0.717) is 11.8 Å². The van der Waals surface area contributed by atoms with Gasteiger partial charge in [-0.05, 0) is 31.1 Å². The maximum atomic E-state index is 12.2. The van der Waals surface area contributed by atoms with Crippen LogP contribution >= 0.6 is 0 Å². The van der Waals surface area contributed by atoms with Crippen molar-refractivity contribution in [2.24, 2.45) is 17.8 Å². The predicted octanol–water partition coefficient (Wildman–Crippen LogP) is 2.69. The third-order valence-corrected chi connectivity index (χ3v) is 3.12. The average Bonchev–Trinajstić information content (AvgIpc) is 2.44. The molecule has 3 unspecified atom stereocenters. The van der Waals surface area contributed by atoms with Gasteiger partial charge >= 0.3 is 0 Å². The van der Waals surface area contributed by atoms with Gasteiger partial charge in [0.15, 0.2) is 0 Å². The van der Waals surface area contributed by atoms with Crippen LogP contribution in [0.1, 0.15) is 25.7 Å². The Labute approximate surface area is 59.6 Å². The highest BCUT2D eigenvalue weighted by Gasteiger charge is 2.43. The summed E-state index contributed by atoms with van der Waals surface area (Å²) >= 11 is 0. The average molecular weight is 146 g/mol. The first-order valence-electron chi connectivity index (χ1n) is 4.05. The normalized spacial score (nSPS) is 45.3. The maximum Gasteiger partial charge on any atom is 0.241 e. The summed E-state index contributed by atoms with van der Waals surface area (Å²) in [6, 6.07) is 0. The van der Waals surface area contributed by atoms with Crippen LogP contribution in [0.25, 0.3) is 0 Å². The summed E-state index contributed by atoms with van der Waals surface area (Å²) in [6.07, 6.45) is 2.14. The zero-order valence-electron chi connectivity index (χ0n) is 5.89. The molecule has 0 aromatic carbocycles. The Morgan fingerprint density at radius 1 is 1.10 bits per heavy atom. The van der Waals surface area contributed by atoms with Crippen molar-refractivity contribution in [2.75, 3.05) is 0 Å². The molecule has 0 radical (unpaired) electrons. The van der Waals surface area contributed by atoms with Crippen LogP contribution in [0.4, 0.5) is 8.78 Å². The second-order valence-electron chi connectivity index (χ2n) is 3.67. The molecule has 0 aromatic heterocycles. The first-order chi connectivity index (χ1) is 4.77. The Kier molecular flexibility index (Phi) is 1.43. The number of rotatable bonds is 1. The third kappa shape index (κ3) is 0.850. The van der Waals surface area contributed by atoms with Crippen LogP contribution < -0.4 is 0 Å². The van der Waals surface area contributed by atoms with Gasteiger partial charge in [-0.3, -0.25) is 0 Å². The van der Waals surface area contributed by atoms with Crippen LogP contribution in [0.3, 0.4) is 0 Å². The first kappa shape index (κ1) is 6.56. The molecule has 0 heterocycles. The van der Waals surface area contributed by atoms with Crippen molar-refractivity contribution in [1.82, 2.24) is 0 Å². The number of fused-ring (bicyclic) bond motifs is 2. The largest absolute Gasteiger partial charge is 0.241 e. The molecule has 2 bridgehead atoms. The van der Waals surface area contributed by atoms with Crippen LogP contribution in [0.15, 0.2) is 0 Å². The van der Waals surface area contributed by atoms with E-state index in [2.05, 4.69) is 0 Å². The lowest BCUT2D eigenvalue weighted by Crippen LogP contribution is -2.18. The van der Waals surface area contributed by atoms with E-state index in [9.17, 15) is 8.78 Å². The Morgan fingerprint density at radius 3 is 2.20 bits per heavy atom. The molecule has 3 atom stereocenters. The number of halogens is 2. The quantitative estimate of drug-likeness (QED) is 0.533. The molecule has 2 rings (SSSR count). The lowest BCUT2D eigenvalue weighted by molar-refractivity contribution is 0.0464. The topological polar surface area (TPSA) is 0 Å². The number of hydrogen-bond acceptors (Lipinski definition) is 0. The van der Waals surface area contributed by atoms with Crippen molar-refractivity contribution in [3.05, 3.63) is 0 Å². The molecule has 2 fully saturated rings. The summed E-state index contributed by atoms with van der Waals surface area (Å²) < 4.78 is 24.4. The lowest BCUT2D eigenvalue weighted by Gasteiger charge is -2.19. The fraction of sp³-hybridized carbons (Fsp3) is 1.00. The molecule has 10 heavy (non-hydrogen) atoms. The molecule has 0 amide bonds. The minimum Gasteiger partial charge on any atom is -0.210 e. The highest BCUT2D eigenvalue weighted by atomic mass is 19.3. The number of alkyl halides is 2. The van der Waals surface area contributed by atoms with Gasteiger partial charge < -0.3 is 0 Å². The van der Waals surface area contributed by atoms with Gasteiger partial charge in [0, 0.05) is 5.92 Å². The molecule has 2 aliphatic rings. The Balaban J connectivity index is 2.02. The SMILES string of the molecule is FC(F)C1CC2CCC1C2. The molecule has 58 valence electrons. The highest BCUT2D eigenvalue weighted by Crippen LogP contribution is 2.50. The van der Waals surface area contributed by atoms with Gasteiger partial charge in [0.1, 0.15) is 0 Å². The molecule has 0 saturated heterocycles. The van der Waals surface area contributed by atoms with Crippen LogP contribution in [-0.4, -0.2) is 6.43 Å². The van der Waals surface area contributed by atoms with Gasteiger partial charge in [0.25, 0.3) is 0 Å². The first-order valence-corrected chi connectivity index (χ1v) is 4.05. The monoisotopic (exact) mass is 146 g/mol. The standard InChI is InChI=1S/C8H12F2/c9-8(10)7-4-5-1-2-6(7)3-5/h5-8H,1-4H2. The molecule has 2 aliphatic carbocycles. The van der Waals surface area contributed by atoms with Gasteiger partial charge in [-0.2, -0.15) is 0 Å². The molecular weight excluding hydrogens is 134 g/mol. The zero-order chi connectivity index (χ0) is 7.14. The van der Waals surface area contributed by atoms with Crippen LogP contribution in [-0.2, 0) is 0 Å². The second-order valence-corrected chi connectivity index (χ2v) is 3.67. The maximum absolute atomic E-state index is 12.2. The van der Waals surface area contributed by atoms with Crippen molar-refractivity contribution >= 4 is 0 Å². The lowest BCUT2D eigenvalue weighted by atomic mass is 9.89. The van der Waals surface area contributed by atoms with E-state index in [-0.39, 0.29) is 5.92 Å². The zero-order valence-corrected chi connectivity index (χ0v) is 5.89. The van der Waals surface area contributed by atoms with E-state index in [1.165, 1.54) is 6.42 Å². The van der Waals surface area contributed by atoms with Gasteiger partial charge in [-0.25, -0.2) is 8.78 Å². The van der Waals surface area contributed by atoms with E-state index in [1.807, 2.05) is 0 Å². The van der Waals surface area contributed by atoms with Crippen molar-refractivity contribution in [3.63, 3.8) is 0 Å².